The zero-order chi connectivity index (χ0) is 30.1. The number of rotatable bonds is 4. The summed E-state index contributed by atoms with van der Waals surface area (Å²) in [7, 11) is 15.3. The third kappa shape index (κ3) is 5.00. The van der Waals surface area contributed by atoms with Gasteiger partial charge in [0.1, 0.15) is 0 Å². The van der Waals surface area contributed by atoms with Crippen molar-refractivity contribution < 1.29 is 17.9 Å². The Morgan fingerprint density at radius 3 is 2.07 bits per heavy atom. The minimum absolute atomic E-state index is 0.0336. The molecule has 2 aliphatic rings. The van der Waals surface area contributed by atoms with Crippen molar-refractivity contribution in [1.82, 2.24) is 0 Å². The Hall–Kier alpha value is -2.48. The van der Waals surface area contributed by atoms with Gasteiger partial charge in [0.05, 0.1) is 0 Å². The molecule has 1 unspecified atom stereocenters. The van der Waals surface area contributed by atoms with Gasteiger partial charge < -0.3 is 0 Å². The first kappa shape index (κ1) is 29.2. The van der Waals surface area contributed by atoms with Gasteiger partial charge in [-0.3, -0.25) is 0 Å². The van der Waals surface area contributed by atoms with E-state index < -0.39 is 27.4 Å². The third-order valence-electron chi connectivity index (χ3n) is 9.23. The molecule has 5 aromatic rings. The monoisotopic (exact) mass is 692 g/mol. The number of hydrogen-bond acceptors (Lipinski definition) is 0. The molecule has 4 heteroatoms. The van der Waals surface area contributed by atoms with Crippen LogP contribution in [-0.2, 0) is 17.9 Å². The summed E-state index contributed by atoms with van der Waals surface area (Å²) < 4.78 is 1.32. The Morgan fingerprint density at radius 1 is 0.674 bits per heavy atom. The first-order valence-electron chi connectivity index (χ1n) is 15.2. The molecule has 0 nitrogen and oxygen atoms in total. The van der Waals surface area contributed by atoms with Gasteiger partial charge in [0.2, 0.25) is 0 Å². The molecule has 0 bridgehead atoms. The molecule has 5 aromatic carbocycles. The molecular formula is C39H36Cl2SiZr. The summed E-state index contributed by atoms with van der Waals surface area (Å²) in [6, 6.07) is 38.0. The van der Waals surface area contributed by atoms with Gasteiger partial charge in [-0.05, 0) is 0 Å². The van der Waals surface area contributed by atoms with Crippen molar-refractivity contribution in [2.24, 2.45) is 5.41 Å². The van der Waals surface area contributed by atoms with Crippen LogP contribution in [0.25, 0.3) is 39.5 Å². The molecule has 214 valence electrons. The topological polar surface area (TPSA) is 0 Å². The van der Waals surface area contributed by atoms with Crippen LogP contribution in [0.5, 0.6) is 0 Å². The zero-order valence-electron chi connectivity index (χ0n) is 25.4. The summed E-state index contributed by atoms with van der Waals surface area (Å²) in [6.07, 6.45) is 2.46. The average molecular weight is 695 g/mol. The normalized spacial score (nSPS) is 16.2. The van der Waals surface area contributed by atoms with Crippen LogP contribution in [0.15, 0.2) is 109 Å². The quantitative estimate of drug-likeness (QED) is 0.162. The molecule has 1 atom stereocenters. The van der Waals surface area contributed by atoms with Crippen molar-refractivity contribution in [3.8, 4) is 33.4 Å². The van der Waals surface area contributed by atoms with E-state index in [4.69, 9.17) is 17.0 Å². The maximum absolute atomic E-state index is 7.99. The van der Waals surface area contributed by atoms with E-state index in [-0.39, 0.29) is 9.04 Å². The molecular weight excluding hydrogens is 659 g/mol. The van der Waals surface area contributed by atoms with E-state index in [1.165, 1.54) is 74.9 Å². The Morgan fingerprint density at radius 2 is 1.35 bits per heavy atom. The second-order valence-corrected chi connectivity index (χ2v) is 29.1. The summed E-state index contributed by atoms with van der Waals surface area (Å²) in [5.74, 6) is 0. The first-order valence-corrected chi connectivity index (χ1v) is 25.5. The molecule has 0 saturated heterocycles. The van der Waals surface area contributed by atoms with Gasteiger partial charge in [-0.1, -0.05) is 0 Å². The Balaban J connectivity index is 1.48. The van der Waals surface area contributed by atoms with Gasteiger partial charge in [0.25, 0.3) is 0 Å². The Bertz CT molecular complexity index is 1910. The fourth-order valence-corrected chi connectivity index (χ4v) is 24.5. The van der Waals surface area contributed by atoms with Crippen molar-refractivity contribution >= 4 is 46.3 Å². The van der Waals surface area contributed by atoms with Crippen molar-refractivity contribution in [1.29, 1.82) is 0 Å². The molecule has 0 aromatic heterocycles. The van der Waals surface area contributed by atoms with Crippen LogP contribution >= 0.6 is 17.0 Å². The second-order valence-electron chi connectivity index (χ2n) is 13.3. The van der Waals surface area contributed by atoms with Crippen molar-refractivity contribution in [3.63, 3.8) is 0 Å². The number of halogens is 2. The average Bonchev–Trinajstić information content (AvgIpc) is 3.56. The summed E-state index contributed by atoms with van der Waals surface area (Å²) in [5.41, 5.74) is 14.2. The van der Waals surface area contributed by atoms with Crippen molar-refractivity contribution in [2.45, 2.75) is 38.2 Å². The molecule has 7 rings (SSSR count). The first-order chi connectivity index (χ1) is 20.5. The van der Waals surface area contributed by atoms with E-state index in [1.807, 2.05) is 0 Å². The number of aryl methyl sites for hydroxylation is 2. The summed E-state index contributed by atoms with van der Waals surface area (Å²) in [5, 5.41) is 2.98. The van der Waals surface area contributed by atoms with E-state index in [1.54, 1.807) is 0 Å². The fourth-order valence-electron chi connectivity index (χ4n) is 7.40. The second kappa shape index (κ2) is 10.8. The Kier molecular flexibility index (Phi) is 7.38. The molecule has 0 N–H and O–H groups in total. The van der Waals surface area contributed by atoms with Crippen LogP contribution in [0.2, 0.25) is 0 Å². The van der Waals surface area contributed by atoms with Crippen LogP contribution in [0.1, 0.15) is 46.7 Å². The molecule has 0 amide bonds. The van der Waals surface area contributed by atoms with Crippen LogP contribution in [-0.4, -0.2) is 9.52 Å². The summed E-state index contributed by atoms with van der Waals surface area (Å²) in [6.45, 7) is 11.3. The van der Waals surface area contributed by atoms with E-state index in [0.29, 0.717) is 0 Å². The SMILES string of the molecule is Cc1cc(C)cc(-c2c(-c3ccccc3)ccc3c2C=C(C(C)(C)C)[CH]3[Zr]([Cl])([Cl])[c]2cccc3c2[SiH2]c2ccccc2-3)c1. The molecule has 1 heterocycles. The summed E-state index contributed by atoms with van der Waals surface area (Å²) in [4.78, 5) is 0. The van der Waals surface area contributed by atoms with Crippen LogP contribution in [0, 0.1) is 19.3 Å². The van der Waals surface area contributed by atoms with Crippen LogP contribution in [0.3, 0.4) is 0 Å². The van der Waals surface area contributed by atoms with Gasteiger partial charge in [0.15, 0.2) is 0 Å². The van der Waals surface area contributed by atoms with Crippen LogP contribution in [0.4, 0.5) is 0 Å². The number of allylic oxidation sites excluding steroid dienone is 1. The molecule has 1 aliphatic heterocycles. The van der Waals surface area contributed by atoms with Gasteiger partial charge >= 0.3 is 272 Å². The molecule has 0 saturated carbocycles. The molecule has 0 radical (unpaired) electrons. The van der Waals surface area contributed by atoms with Crippen LogP contribution < -0.4 is 13.6 Å². The predicted octanol–water partition coefficient (Wildman–Crippen LogP) is 9.01. The number of fused-ring (bicyclic) bond motifs is 4. The molecule has 0 fully saturated rings. The third-order valence-corrected chi connectivity index (χ3v) is 23.4. The van der Waals surface area contributed by atoms with E-state index >= 15 is 0 Å². The van der Waals surface area contributed by atoms with Gasteiger partial charge in [0, 0.05) is 0 Å². The van der Waals surface area contributed by atoms with E-state index in [0.717, 1.165) is 0 Å². The predicted molar refractivity (Wildman–Crippen MR) is 188 cm³/mol. The molecule has 43 heavy (non-hydrogen) atoms. The minimum atomic E-state index is -4.11. The van der Waals surface area contributed by atoms with E-state index in [2.05, 4.69) is 144 Å². The van der Waals surface area contributed by atoms with Gasteiger partial charge in [-0.15, -0.1) is 0 Å². The Labute approximate surface area is 270 Å². The standard InChI is InChI=1S/C27H27.C12H9Si.2ClH.Zr/c1-18-13-19(2)15-22(14-18)26-24(20-9-7-6-8-10-20)12-11-21-16-23(17-25(21)26)27(3,4)5;1-3-7-11-9(5-1)10-6-2-4-8-12(10)13-11;;;/h6-17H,1-5H3;1-7H,13H2;2*1H;/q;;;;+2/p-2. The summed E-state index contributed by atoms with van der Waals surface area (Å²) >= 11 is -4.11. The van der Waals surface area contributed by atoms with Crippen molar-refractivity contribution in [2.75, 3.05) is 0 Å². The number of hydrogen-bond donors (Lipinski definition) is 0. The van der Waals surface area contributed by atoms with Crippen molar-refractivity contribution in [3.05, 3.63) is 131 Å². The fraction of sp³-hybridized carbons (Fsp3) is 0.179. The molecule has 1 aliphatic carbocycles. The number of benzene rings is 5. The van der Waals surface area contributed by atoms with Gasteiger partial charge in [-0.25, -0.2) is 0 Å². The van der Waals surface area contributed by atoms with Gasteiger partial charge in [-0.2, -0.15) is 0 Å². The zero-order valence-corrected chi connectivity index (χ0v) is 30.8. The van der Waals surface area contributed by atoms with E-state index in [9.17, 15) is 0 Å². The maximum atomic E-state index is 7.99. The molecule has 0 spiro atoms.